The number of esters is 1. The lowest BCUT2D eigenvalue weighted by Gasteiger charge is -2.34. The largest absolute Gasteiger partial charge is 0.508 e. The maximum Gasteiger partial charge on any atom is 0.307 e. The van der Waals surface area contributed by atoms with E-state index < -0.39 is 21.9 Å². The fraction of sp³-hybridized carbons (Fsp3) is 0.286. The molecule has 8 nitrogen and oxygen atoms in total. The number of benzene rings is 2. The standard InChI is InChI=1S/C28H28FN3O5S/c1-37-28(34)13-15-31-26-11-7-21(16-24(26)25-17-22(33)8-12-27(25)31)32(18-20-4-2-3-14-30-20)38(35,36)23-9-5-19(29)6-10-23/h2-6,8-10,12,14,17,21,33H,7,11,13,15-16,18H2,1H3. The third-order valence-electron chi connectivity index (χ3n) is 7.06. The Balaban J connectivity index is 1.56. The minimum absolute atomic E-state index is 0.0128. The molecule has 0 spiro atoms. The van der Waals surface area contributed by atoms with Crippen molar-refractivity contribution in [2.75, 3.05) is 7.11 Å². The summed E-state index contributed by atoms with van der Waals surface area (Å²) in [6, 6.07) is 14.9. The van der Waals surface area contributed by atoms with Gasteiger partial charge in [0.05, 0.1) is 30.7 Å². The number of hydrogen-bond donors (Lipinski definition) is 1. The molecule has 0 radical (unpaired) electrons. The number of pyridine rings is 1. The molecule has 1 aliphatic rings. The number of aromatic hydroxyl groups is 1. The third kappa shape index (κ3) is 5.01. The molecule has 0 saturated carbocycles. The first-order valence-corrected chi connectivity index (χ1v) is 13.8. The molecule has 0 saturated heterocycles. The number of aryl methyl sites for hydroxylation is 1. The first kappa shape index (κ1) is 25.9. The molecule has 2 heterocycles. The van der Waals surface area contributed by atoms with E-state index in [1.54, 1.807) is 30.5 Å². The second-order valence-electron chi connectivity index (χ2n) is 9.33. The van der Waals surface area contributed by atoms with Crippen molar-refractivity contribution in [2.24, 2.45) is 0 Å². The molecular weight excluding hydrogens is 509 g/mol. The van der Waals surface area contributed by atoms with Crippen LogP contribution in [0, 0.1) is 5.82 Å². The van der Waals surface area contributed by atoms with Crippen LogP contribution in [0.3, 0.4) is 0 Å². The Morgan fingerprint density at radius 2 is 1.97 bits per heavy atom. The molecular formula is C28H28FN3O5S. The van der Waals surface area contributed by atoms with E-state index in [0.717, 1.165) is 34.3 Å². The van der Waals surface area contributed by atoms with Gasteiger partial charge in [0, 0.05) is 35.4 Å². The van der Waals surface area contributed by atoms with Gasteiger partial charge in [-0.25, -0.2) is 12.8 Å². The molecule has 0 aliphatic heterocycles. The first-order valence-electron chi connectivity index (χ1n) is 12.3. The highest BCUT2D eigenvalue weighted by Crippen LogP contribution is 2.37. The molecule has 1 unspecified atom stereocenters. The van der Waals surface area contributed by atoms with Crippen LogP contribution >= 0.6 is 0 Å². The van der Waals surface area contributed by atoms with E-state index >= 15 is 0 Å². The zero-order valence-corrected chi connectivity index (χ0v) is 21.7. The Labute approximate surface area is 220 Å². The number of carbonyl (C=O) groups is 1. The summed E-state index contributed by atoms with van der Waals surface area (Å²) in [7, 11) is -2.64. The van der Waals surface area contributed by atoms with E-state index in [4.69, 9.17) is 4.74 Å². The van der Waals surface area contributed by atoms with Gasteiger partial charge in [0.15, 0.2) is 0 Å². The number of nitrogens with zero attached hydrogens (tertiary/aromatic N) is 3. The van der Waals surface area contributed by atoms with Crippen molar-refractivity contribution in [1.29, 1.82) is 0 Å². The van der Waals surface area contributed by atoms with Crippen molar-refractivity contribution < 1.29 is 27.4 Å². The fourth-order valence-corrected chi connectivity index (χ4v) is 6.85. The summed E-state index contributed by atoms with van der Waals surface area (Å²) in [6.45, 7) is 0.478. The Kier molecular flexibility index (Phi) is 7.18. The van der Waals surface area contributed by atoms with Crippen LogP contribution in [0.1, 0.15) is 29.8 Å². The van der Waals surface area contributed by atoms with Crippen molar-refractivity contribution in [3.05, 3.63) is 89.6 Å². The Bertz CT molecular complexity index is 1570. The van der Waals surface area contributed by atoms with Crippen LogP contribution < -0.4 is 0 Å². The Hall–Kier alpha value is -3.76. The number of sulfonamides is 1. The smallest absolute Gasteiger partial charge is 0.307 e. The number of fused-ring (bicyclic) bond motifs is 3. The minimum atomic E-state index is -3.99. The van der Waals surface area contributed by atoms with Crippen LogP contribution in [0.25, 0.3) is 10.9 Å². The summed E-state index contributed by atoms with van der Waals surface area (Å²) in [4.78, 5) is 16.2. The zero-order valence-electron chi connectivity index (χ0n) is 20.9. The third-order valence-corrected chi connectivity index (χ3v) is 8.98. The summed E-state index contributed by atoms with van der Waals surface area (Å²) in [5.41, 5.74) is 3.43. The second-order valence-corrected chi connectivity index (χ2v) is 11.2. The molecule has 2 aromatic heterocycles. The zero-order chi connectivity index (χ0) is 26.9. The van der Waals surface area contributed by atoms with E-state index in [-0.39, 0.29) is 29.6 Å². The molecule has 5 rings (SSSR count). The van der Waals surface area contributed by atoms with Crippen molar-refractivity contribution in [1.82, 2.24) is 13.9 Å². The molecule has 0 fully saturated rings. The lowest BCUT2D eigenvalue weighted by molar-refractivity contribution is -0.140. The summed E-state index contributed by atoms with van der Waals surface area (Å²) in [6.07, 6.45) is 3.35. The minimum Gasteiger partial charge on any atom is -0.508 e. The lowest BCUT2D eigenvalue weighted by atomic mass is 9.91. The maximum atomic E-state index is 13.9. The Morgan fingerprint density at radius 3 is 2.68 bits per heavy atom. The van der Waals surface area contributed by atoms with Gasteiger partial charge in [0.2, 0.25) is 10.0 Å². The normalized spacial score (nSPS) is 15.5. The van der Waals surface area contributed by atoms with Crippen LogP contribution in [0.5, 0.6) is 5.75 Å². The number of rotatable bonds is 8. The summed E-state index contributed by atoms with van der Waals surface area (Å²) >= 11 is 0. The Morgan fingerprint density at radius 1 is 1.18 bits per heavy atom. The van der Waals surface area contributed by atoms with Crippen molar-refractivity contribution in [3.8, 4) is 5.75 Å². The topological polar surface area (TPSA) is 102 Å². The molecule has 1 N–H and O–H groups in total. The van der Waals surface area contributed by atoms with Gasteiger partial charge in [-0.15, -0.1) is 0 Å². The number of methoxy groups -OCH3 is 1. The summed E-state index contributed by atoms with van der Waals surface area (Å²) in [5, 5.41) is 11.1. The fourth-order valence-electron chi connectivity index (χ4n) is 5.23. The number of ether oxygens (including phenoxy) is 1. The van der Waals surface area contributed by atoms with Crippen LogP contribution in [-0.2, 0) is 45.5 Å². The van der Waals surface area contributed by atoms with Gasteiger partial charge < -0.3 is 14.4 Å². The molecule has 1 aliphatic carbocycles. The number of phenolic OH excluding ortho intramolecular Hbond substituents is 1. The number of halogens is 1. The molecule has 2 aromatic carbocycles. The SMILES string of the molecule is COC(=O)CCn1c2c(c3cc(O)ccc31)CC(N(Cc1ccccn1)S(=O)(=O)c1ccc(F)cc1)CC2. The summed E-state index contributed by atoms with van der Waals surface area (Å²) < 4.78 is 49.7. The van der Waals surface area contributed by atoms with Gasteiger partial charge >= 0.3 is 5.97 Å². The highest BCUT2D eigenvalue weighted by molar-refractivity contribution is 7.89. The molecule has 1 atom stereocenters. The first-order chi connectivity index (χ1) is 18.3. The number of phenols is 1. The van der Waals surface area contributed by atoms with E-state index in [1.165, 1.54) is 23.5 Å². The van der Waals surface area contributed by atoms with Gasteiger partial charge in [-0.05, 0) is 79.4 Å². The highest BCUT2D eigenvalue weighted by Gasteiger charge is 2.36. The van der Waals surface area contributed by atoms with Crippen molar-refractivity contribution in [3.63, 3.8) is 0 Å². The highest BCUT2D eigenvalue weighted by atomic mass is 32.2. The summed E-state index contributed by atoms with van der Waals surface area (Å²) in [5.74, 6) is -0.723. The van der Waals surface area contributed by atoms with Gasteiger partial charge in [-0.3, -0.25) is 9.78 Å². The van der Waals surface area contributed by atoms with E-state index in [9.17, 15) is 22.7 Å². The van der Waals surface area contributed by atoms with Crippen LogP contribution in [0.4, 0.5) is 4.39 Å². The number of aromatic nitrogens is 2. The van der Waals surface area contributed by atoms with Crippen LogP contribution in [-0.4, -0.2) is 46.5 Å². The molecule has 0 bridgehead atoms. The van der Waals surface area contributed by atoms with E-state index in [2.05, 4.69) is 9.55 Å². The number of carbonyl (C=O) groups excluding carboxylic acids is 1. The predicted molar refractivity (Wildman–Crippen MR) is 139 cm³/mol. The molecule has 10 heteroatoms. The van der Waals surface area contributed by atoms with Crippen LogP contribution in [0.15, 0.2) is 71.8 Å². The molecule has 198 valence electrons. The average molecular weight is 538 g/mol. The van der Waals surface area contributed by atoms with E-state index in [0.29, 0.717) is 31.5 Å². The lowest BCUT2D eigenvalue weighted by Crippen LogP contribution is -2.43. The average Bonchev–Trinajstić information content (AvgIpc) is 3.23. The second kappa shape index (κ2) is 10.5. The van der Waals surface area contributed by atoms with Crippen molar-refractivity contribution >= 4 is 26.9 Å². The maximum absolute atomic E-state index is 13.9. The van der Waals surface area contributed by atoms with Crippen molar-refractivity contribution in [2.45, 2.75) is 49.7 Å². The number of hydrogen-bond acceptors (Lipinski definition) is 6. The predicted octanol–water partition coefficient (Wildman–Crippen LogP) is 4.19. The van der Waals surface area contributed by atoms with Gasteiger partial charge in [-0.2, -0.15) is 4.31 Å². The quantitative estimate of drug-likeness (QED) is 0.338. The molecule has 38 heavy (non-hydrogen) atoms. The molecule has 4 aromatic rings. The monoisotopic (exact) mass is 537 g/mol. The van der Waals surface area contributed by atoms with E-state index in [1.807, 2.05) is 12.1 Å². The van der Waals surface area contributed by atoms with Gasteiger partial charge in [0.25, 0.3) is 0 Å². The van der Waals surface area contributed by atoms with Crippen LogP contribution in [0.2, 0.25) is 0 Å². The van der Waals surface area contributed by atoms with Gasteiger partial charge in [-0.1, -0.05) is 6.07 Å². The molecule has 0 amide bonds. The van der Waals surface area contributed by atoms with Gasteiger partial charge in [0.1, 0.15) is 11.6 Å².